The number of carbonyl (C=O) groups excluding carboxylic acids is 1. The number of aliphatic hydroxyl groups is 1. The lowest BCUT2D eigenvalue weighted by atomic mass is 9.89. The van der Waals surface area contributed by atoms with Gasteiger partial charge >= 0.3 is 6.18 Å². The predicted octanol–water partition coefficient (Wildman–Crippen LogP) is 2.95. The summed E-state index contributed by atoms with van der Waals surface area (Å²) in [4.78, 5) is 21.5. The quantitative estimate of drug-likeness (QED) is 0.560. The van der Waals surface area contributed by atoms with E-state index < -0.39 is 24.1 Å². The summed E-state index contributed by atoms with van der Waals surface area (Å²) < 4.78 is 51.2. The number of aryl methyl sites for hydroxylation is 1. The third kappa shape index (κ3) is 5.48. The zero-order valence-electron chi connectivity index (χ0n) is 18.9. The predicted molar refractivity (Wildman–Crippen MR) is 116 cm³/mol. The Bertz CT molecular complexity index is 1050. The molecule has 0 atom stereocenters. The van der Waals surface area contributed by atoms with Gasteiger partial charge in [0.15, 0.2) is 6.29 Å². The number of hydrogen-bond acceptors (Lipinski definition) is 7. The molecule has 3 N–H and O–H groups in total. The first-order valence-corrected chi connectivity index (χ1v) is 11.1. The Labute approximate surface area is 194 Å². The van der Waals surface area contributed by atoms with Crippen LogP contribution in [0.1, 0.15) is 52.9 Å². The zero-order valence-corrected chi connectivity index (χ0v) is 18.9. The van der Waals surface area contributed by atoms with E-state index in [4.69, 9.17) is 9.47 Å². The molecule has 1 aromatic carbocycles. The number of nitrogens with zero attached hydrogens (tertiary/aromatic N) is 2. The van der Waals surface area contributed by atoms with E-state index in [1.807, 2.05) is 0 Å². The van der Waals surface area contributed by atoms with Crippen molar-refractivity contribution >= 4 is 11.7 Å². The summed E-state index contributed by atoms with van der Waals surface area (Å²) in [5.41, 5.74) is 0.780. The largest absolute Gasteiger partial charge is 0.416 e. The van der Waals surface area contributed by atoms with Gasteiger partial charge in [-0.15, -0.1) is 0 Å². The summed E-state index contributed by atoms with van der Waals surface area (Å²) in [6.45, 7) is 3.90. The highest BCUT2D eigenvalue weighted by molar-refractivity contribution is 5.79. The number of carbonyl (C=O) groups is 1. The molecule has 1 aliphatic heterocycles. The van der Waals surface area contributed by atoms with Crippen molar-refractivity contribution in [2.75, 3.05) is 18.5 Å². The summed E-state index contributed by atoms with van der Waals surface area (Å²) in [6, 6.07) is 3.97. The maximum Gasteiger partial charge on any atom is 0.416 e. The fourth-order valence-electron chi connectivity index (χ4n) is 4.18. The molecule has 184 valence electrons. The van der Waals surface area contributed by atoms with Crippen molar-refractivity contribution in [2.24, 2.45) is 0 Å². The average Bonchev–Trinajstić information content (AvgIpc) is 3.25. The molecule has 0 bridgehead atoms. The smallest absolute Gasteiger partial charge is 0.393 e. The number of benzene rings is 1. The molecule has 0 spiro atoms. The fraction of sp³-hybridized carbons (Fsp3) is 0.522. The molecule has 1 aliphatic carbocycles. The van der Waals surface area contributed by atoms with Crippen LogP contribution in [0.3, 0.4) is 0 Å². The summed E-state index contributed by atoms with van der Waals surface area (Å²) >= 11 is 0. The second-order valence-corrected chi connectivity index (χ2v) is 8.56. The Morgan fingerprint density at radius 2 is 1.88 bits per heavy atom. The Morgan fingerprint density at radius 1 is 1.18 bits per heavy atom. The number of rotatable bonds is 7. The number of aliphatic hydroxyl groups excluding tert-OH is 1. The standard InChI is InChI=1S/C23H27F3N4O4/c1-12-14(4-3-5-17(12)23(24,25)26)11-27-21-20(22-33-6-7-34-22)18(28-13(2)29-21)10-19(32)30-15-8-16(31)9-15/h3-5,15-16,22,31H,6-11H2,1-2H3,(H,30,32)(H,27,28,29)/t15-,16+. The van der Waals surface area contributed by atoms with Gasteiger partial charge in [-0.25, -0.2) is 9.97 Å². The van der Waals surface area contributed by atoms with E-state index in [1.54, 1.807) is 13.0 Å². The maximum atomic E-state index is 13.3. The van der Waals surface area contributed by atoms with Gasteiger partial charge in [0.2, 0.25) is 5.91 Å². The van der Waals surface area contributed by atoms with Crippen LogP contribution in [-0.2, 0) is 33.4 Å². The average molecular weight is 480 g/mol. The van der Waals surface area contributed by atoms with Crippen molar-refractivity contribution in [3.05, 3.63) is 52.0 Å². The third-order valence-electron chi connectivity index (χ3n) is 6.00. The SMILES string of the molecule is Cc1nc(CC(=O)N[C@H]2C[C@@H](O)C2)c(C2OCCO2)c(NCc2cccc(C(F)(F)F)c2C)n1. The van der Waals surface area contributed by atoms with Crippen molar-refractivity contribution in [1.29, 1.82) is 0 Å². The van der Waals surface area contributed by atoms with Crippen molar-refractivity contribution in [3.63, 3.8) is 0 Å². The van der Waals surface area contributed by atoms with E-state index in [1.165, 1.54) is 13.0 Å². The Hall–Kier alpha value is -2.76. The lowest BCUT2D eigenvalue weighted by molar-refractivity contribution is -0.138. The first-order valence-electron chi connectivity index (χ1n) is 11.1. The normalized spacial score (nSPS) is 20.8. The highest BCUT2D eigenvalue weighted by Crippen LogP contribution is 2.34. The highest BCUT2D eigenvalue weighted by Gasteiger charge is 2.33. The molecular formula is C23H27F3N4O4. The van der Waals surface area contributed by atoms with Gasteiger partial charge in [0.1, 0.15) is 11.6 Å². The van der Waals surface area contributed by atoms with E-state index in [2.05, 4.69) is 20.6 Å². The Balaban J connectivity index is 1.59. The molecule has 8 nitrogen and oxygen atoms in total. The first kappa shape index (κ1) is 24.4. The number of ether oxygens (including phenoxy) is 2. The van der Waals surface area contributed by atoms with E-state index >= 15 is 0 Å². The molecule has 2 heterocycles. The van der Waals surface area contributed by atoms with Crippen LogP contribution in [0.15, 0.2) is 18.2 Å². The van der Waals surface area contributed by atoms with Crippen LogP contribution in [0.25, 0.3) is 0 Å². The minimum atomic E-state index is -4.45. The lowest BCUT2D eigenvalue weighted by Crippen LogP contribution is -2.47. The van der Waals surface area contributed by atoms with Crippen LogP contribution in [0, 0.1) is 13.8 Å². The number of nitrogens with one attached hydrogen (secondary N) is 2. The van der Waals surface area contributed by atoms with E-state index in [0.717, 1.165) is 6.07 Å². The summed E-state index contributed by atoms with van der Waals surface area (Å²) in [5, 5.41) is 15.4. The molecule has 2 aromatic rings. The maximum absolute atomic E-state index is 13.3. The minimum absolute atomic E-state index is 0.0498. The minimum Gasteiger partial charge on any atom is -0.393 e. The molecule has 1 amide bonds. The number of halogens is 3. The topological polar surface area (TPSA) is 106 Å². The van der Waals surface area contributed by atoms with Gasteiger partial charge in [0, 0.05) is 12.6 Å². The molecule has 34 heavy (non-hydrogen) atoms. The van der Waals surface area contributed by atoms with Crippen molar-refractivity contribution in [1.82, 2.24) is 15.3 Å². The molecule has 4 rings (SSSR count). The summed E-state index contributed by atoms with van der Waals surface area (Å²) in [5.74, 6) is 0.485. The molecule has 1 aromatic heterocycles. The monoisotopic (exact) mass is 480 g/mol. The van der Waals surface area contributed by atoms with Gasteiger partial charge in [-0.2, -0.15) is 13.2 Å². The Kier molecular flexibility index (Phi) is 7.06. The number of anilines is 1. The fourth-order valence-corrected chi connectivity index (χ4v) is 4.18. The van der Waals surface area contributed by atoms with Crippen molar-refractivity contribution in [3.8, 4) is 0 Å². The van der Waals surface area contributed by atoms with Gasteiger partial charge in [-0.05, 0) is 43.9 Å². The number of amides is 1. The van der Waals surface area contributed by atoms with Crippen LogP contribution in [0.2, 0.25) is 0 Å². The molecule has 0 unspecified atom stereocenters. The van der Waals surface area contributed by atoms with Crippen LogP contribution in [0.5, 0.6) is 0 Å². The molecule has 0 radical (unpaired) electrons. The van der Waals surface area contributed by atoms with Crippen molar-refractivity contribution in [2.45, 2.75) is 64.3 Å². The van der Waals surface area contributed by atoms with Gasteiger partial charge < -0.3 is 25.2 Å². The van der Waals surface area contributed by atoms with E-state index in [-0.39, 0.29) is 30.5 Å². The second kappa shape index (κ2) is 9.85. The molecule has 1 saturated carbocycles. The van der Waals surface area contributed by atoms with Crippen LogP contribution >= 0.6 is 0 Å². The molecular weight excluding hydrogens is 453 g/mol. The molecule has 1 saturated heterocycles. The van der Waals surface area contributed by atoms with E-state index in [9.17, 15) is 23.1 Å². The third-order valence-corrected chi connectivity index (χ3v) is 6.00. The molecule has 11 heteroatoms. The number of hydrogen-bond donors (Lipinski definition) is 3. The van der Waals surface area contributed by atoms with Gasteiger partial charge in [-0.3, -0.25) is 4.79 Å². The Morgan fingerprint density at radius 3 is 2.53 bits per heavy atom. The van der Waals surface area contributed by atoms with Crippen LogP contribution in [-0.4, -0.2) is 46.3 Å². The van der Waals surface area contributed by atoms with E-state index in [0.29, 0.717) is 54.5 Å². The molecule has 2 aliphatic rings. The van der Waals surface area contributed by atoms with Crippen molar-refractivity contribution < 1.29 is 32.5 Å². The summed E-state index contributed by atoms with van der Waals surface area (Å²) in [6.07, 6.45) is -4.65. The molecule has 2 fully saturated rings. The van der Waals surface area contributed by atoms with Gasteiger partial charge in [0.25, 0.3) is 0 Å². The number of aromatic nitrogens is 2. The van der Waals surface area contributed by atoms with Gasteiger partial charge in [0.05, 0.1) is 42.6 Å². The van der Waals surface area contributed by atoms with Gasteiger partial charge in [-0.1, -0.05) is 12.1 Å². The lowest BCUT2D eigenvalue weighted by Gasteiger charge is -2.32. The zero-order chi connectivity index (χ0) is 24.5. The van der Waals surface area contributed by atoms with Crippen LogP contribution < -0.4 is 10.6 Å². The highest BCUT2D eigenvalue weighted by atomic mass is 19.4. The van der Waals surface area contributed by atoms with Crippen LogP contribution in [0.4, 0.5) is 19.0 Å². The number of alkyl halides is 3. The first-order chi connectivity index (χ1) is 16.1. The summed E-state index contributed by atoms with van der Waals surface area (Å²) in [7, 11) is 0. The second-order valence-electron chi connectivity index (χ2n) is 8.56.